The highest BCUT2D eigenvalue weighted by molar-refractivity contribution is 6.31. The van der Waals surface area contributed by atoms with E-state index in [2.05, 4.69) is 11.4 Å². The molecule has 3 aromatic carbocycles. The molecule has 0 aromatic heterocycles. The van der Waals surface area contributed by atoms with Gasteiger partial charge in [0.05, 0.1) is 24.7 Å². The molecule has 0 spiro atoms. The minimum absolute atomic E-state index is 0.0444. The Morgan fingerprint density at radius 2 is 1.71 bits per heavy atom. The molecule has 0 aliphatic carbocycles. The van der Waals surface area contributed by atoms with Crippen LogP contribution in [0.5, 0.6) is 0 Å². The predicted molar refractivity (Wildman–Crippen MR) is 140 cm³/mol. The van der Waals surface area contributed by atoms with E-state index < -0.39 is 0 Å². The van der Waals surface area contributed by atoms with Crippen LogP contribution in [0.2, 0.25) is 5.02 Å². The van der Waals surface area contributed by atoms with Crippen LogP contribution in [-0.2, 0) is 16.0 Å². The van der Waals surface area contributed by atoms with Crippen LogP contribution in [-0.4, -0.2) is 55.3 Å². The van der Waals surface area contributed by atoms with Gasteiger partial charge in [-0.3, -0.25) is 9.59 Å². The van der Waals surface area contributed by atoms with Gasteiger partial charge in [0.25, 0.3) is 0 Å². The van der Waals surface area contributed by atoms with Crippen molar-refractivity contribution in [2.75, 3.05) is 39.0 Å². The average Bonchev–Trinajstić information content (AvgIpc) is 2.81. The zero-order valence-corrected chi connectivity index (χ0v) is 21.0. The summed E-state index contributed by atoms with van der Waals surface area (Å²) in [4.78, 5) is 28.9. The summed E-state index contributed by atoms with van der Waals surface area (Å²) >= 11 is 6.09. The highest BCUT2D eigenvalue weighted by atomic mass is 35.5. The molecule has 0 radical (unpaired) electrons. The molecule has 0 saturated heterocycles. The number of aryl methyl sites for hydroxylation is 1. The van der Waals surface area contributed by atoms with Crippen LogP contribution in [0.1, 0.15) is 16.7 Å². The second-order valence-electron chi connectivity index (χ2n) is 8.76. The van der Waals surface area contributed by atoms with Gasteiger partial charge in [-0.1, -0.05) is 48.0 Å². The van der Waals surface area contributed by atoms with Gasteiger partial charge in [0, 0.05) is 17.3 Å². The molecular formula is C28H29ClN4O2. The summed E-state index contributed by atoms with van der Waals surface area (Å²) in [5.74, 6) is -0.385. The first-order valence-corrected chi connectivity index (χ1v) is 11.7. The number of likely N-dealkylation sites (N-methyl/N-ethyl adjacent to an activating group) is 1. The number of rotatable bonds is 9. The quantitative estimate of drug-likeness (QED) is 0.471. The smallest absolute Gasteiger partial charge is 0.243 e. The number of nitriles is 1. The molecule has 3 rings (SSSR count). The molecule has 0 saturated carbocycles. The second-order valence-corrected chi connectivity index (χ2v) is 9.19. The van der Waals surface area contributed by atoms with Crippen LogP contribution in [0.15, 0.2) is 66.7 Å². The van der Waals surface area contributed by atoms with E-state index in [-0.39, 0.29) is 24.9 Å². The number of carbonyl (C=O) groups excluding carboxylic acids is 2. The van der Waals surface area contributed by atoms with Gasteiger partial charge in [-0.05, 0) is 80.0 Å². The van der Waals surface area contributed by atoms with Gasteiger partial charge in [-0.25, -0.2) is 0 Å². The maximum absolute atomic E-state index is 12.8. The number of halogens is 1. The molecule has 0 aliphatic rings. The lowest BCUT2D eigenvalue weighted by Gasteiger charge is -2.24. The van der Waals surface area contributed by atoms with Gasteiger partial charge in [0.15, 0.2) is 0 Å². The summed E-state index contributed by atoms with van der Waals surface area (Å²) in [6.07, 6.45) is 0.612. The van der Waals surface area contributed by atoms with Crippen molar-refractivity contribution in [3.63, 3.8) is 0 Å². The summed E-state index contributed by atoms with van der Waals surface area (Å²) in [5.41, 5.74) is 5.22. The van der Waals surface area contributed by atoms with Gasteiger partial charge < -0.3 is 15.1 Å². The summed E-state index contributed by atoms with van der Waals surface area (Å²) in [7, 11) is 3.65. The maximum Gasteiger partial charge on any atom is 0.243 e. The van der Waals surface area contributed by atoms with E-state index in [9.17, 15) is 9.59 Å². The van der Waals surface area contributed by atoms with Crippen LogP contribution < -0.4 is 5.32 Å². The third kappa shape index (κ3) is 7.96. The molecule has 0 bridgehead atoms. The molecule has 0 unspecified atom stereocenters. The molecule has 35 heavy (non-hydrogen) atoms. The minimum Gasteiger partial charge on any atom is -0.332 e. The second kappa shape index (κ2) is 12.2. The van der Waals surface area contributed by atoms with E-state index in [1.54, 1.807) is 21.9 Å². The van der Waals surface area contributed by atoms with Gasteiger partial charge >= 0.3 is 0 Å². The van der Waals surface area contributed by atoms with Crippen molar-refractivity contribution in [1.82, 2.24) is 9.80 Å². The number of nitrogens with one attached hydrogen (secondary N) is 1. The van der Waals surface area contributed by atoms with Crippen molar-refractivity contribution >= 4 is 29.1 Å². The lowest BCUT2D eigenvalue weighted by molar-refractivity contribution is -0.135. The number of carbonyl (C=O) groups is 2. The average molecular weight is 489 g/mol. The van der Waals surface area contributed by atoms with Gasteiger partial charge in [-0.15, -0.1) is 0 Å². The maximum atomic E-state index is 12.8. The van der Waals surface area contributed by atoms with Crippen molar-refractivity contribution in [1.29, 1.82) is 5.26 Å². The Hall–Kier alpha value is -3.66. The van der Waals surface area contributed by atoms with Crippen LogP contribution >= 0.6 is 11.6 Å². The molecule has 3 aromatic rings. The Bertz CT molecular complexity index is 1210. The Morgan fingerprint density at radius 3 is 2.37 bits per heavy atom. The molecule has 180 valence electrons. The summed E-state index contributed by atoms with van der Waals surface area (Å²) < 4.78 is 0. The Balaban J connectivity index is 1.66. The fourth-order valence-electron chi connectivity index (χ4n) is 3.74. The van der Waals surface area contributed by atoms with Gasteiger partial charge in [0.1, 0.15) is 0 Å². The fourth-order valence-corrected chi connectivity index (χ4v) is 4.03. The standard InChI is InChI=1S/C28H29ClN4O2/c1-20-13-25(29)16-26(14-20)31-27(34)18-33(28(35)19-32(2)3)12-11-21-7-9-23(10-8-21)24-6-4-5-22(15-24)17-30/h4-10,13-16H,11-12,18-19H2,1-3H3,(H,31,34). The van der Waals surface area contributed by atoms with Crippen molar-refractivity contribution in [3.8, 4) is 17.2 Å². The normalized spacial score (nSPS) is 10.6. The SMILES string of the molecule is Cc1cc(Cl)cc(NC(=O)CN(CCc2ccc(-c3cccc(C#N)c3)cc2)C(=O)CN(C)C)c1. The lowest BCUT2D eigenvalue weighted by atomic mass is 10.0. The molecular weight excluding hydrogens is 460 g/mol. The highest BCUT2D eigenvalue weighted by Gasteiger charge is 2.18. The third-order valence-electron chi connectivity index (χ3n) is 5.41. The topological polar surface area (TPSA) is 76.4 Å². The van der Waals surface area contributed by atoms with Crippen LogP contribution in [0.3, 0.4) is 0 Å². The predicted octanol–water partition coefficient (Wildman–Crippen LogP) is 4.76. The molecule has 0 atom stereocenters. The van der Waals surface area contributed by atoms with Gasteiger partial charge in [-0.2, -0.15) is 5.26 Å². The van der Waals surface area contributed by atoms with E-state index in [4.69, 9.17) is 16.9 Å². The summed E-state index contributed by atoms with van der Waals surface area (Å²) in [5, 5.41) is 12.5. The summed E-state index contributed by atoms with van der Waals surface area (Å²) in [6.45, 7) is 2.49. The van der Waals surface area contributed by atoms with Crippen LogP contribution in [0, 0.1) is 18.3 Å². The number of benzene rings is 3. The van der Waals surface area contributed by atoms with E-state index in [0.29, 0.717) is 29.2 Å². The lowest BCUT2D eigenvalue weighted by Crippen LogP contribution is -2.43. The van der Waals surface area contributed by atoms with Crippen LogP contribution in [0.4, 0.5) is 5.69 Å². The monoisotopic (exact) mass is 488 g/mol. The Labute approximate surface area is 211 Å². The molecule has 7 heteroatoms. The molecule has 0 fully saturated rings. The minimum atomic E-state index is -0.272. The van der Waals surface area contributed by atoms with Crippen molar-refractivity contribution in [3.05, 3.63) is 88.4 Å². The molecule has 0 aliphatic heterocycles. The first kappa shape index (κ1) is 26.0. The van der Waals surface area contributed by atoms with Crippen LogP contribution in [0.25, 0.3) is 11.1 Å². The Kier molecular flexibility index (Phi) is 9.02. The molecule has 0 heterocycles. The van der Waals surface area contributed by atoms with E-state index >= 15 is 0 Å². The van der Waals surface area contributed by atoms with Crippen molar-refractivity contribution < 1.29 is 9.59 Å². The Morgan fingerprint density at radius 1 is 0.971 bits per heavy atom. The summed E-state index contributed by atoms with van der Waals surface area (Å²) in [6, 6.07) is 23.0. The van der Waals surface area contributed by atoms with E-state index in [0.717, 1.165) is 22.3 Å². The number of anilines is 1. The zero-order chi connectivity index (χ0) is 25.4. The molecule has 6 nitrogen and oxygen atoms in total. The number of nitrogens with zero attached hydrogens (tertiary/aromatic N) is 3. The molecule has 1 N–H and O–H groups in total. The van der Waals surface area contributed by atoms with E-state index in [1.807, 2.05) is 75.6 Å². The number of hydrogen-bond acceptors (Lipinski definition) is 4. The van der Waals surface area contributed by atoms with Gasteiger partial charge in [0.2, 0.25) is 11.8 Å². The zero-order valence-electron chi connectivity index (χ0n) is 20.2. The fraction of sp³-hybridized carbons (Fsp3) is 0.250. The van der Waals surface area contributed by atoms with E-state index in [1.165, 1.54) is 0 Å². The number of hydrogen-bond donors (Lipinski definition) is 1. The van der Waals surface area contributed by atoms with Crippen molar-refractivity contribution in [2.45, 2.75) is 13.3 Å². The molecule has 2 amide bonds. The largest absolute Gasteiger partial charge is 0.332 e. The highest BCUT2D eigenvalue weighted by Crippen LogP contribution is 2.21. The first-order valence-electron chi connectivity index (χ1n) is 11.3. The first-order chi connectivity index (χ1) is 16.7. The van der Waals surface area contributed by atoms with Crippen molar-refractivity contribution in [2.24, 2.45) is 0 Å². The third-order valence-corrected chi connectivity index (χ3v) is 5.63. The number of amides is 2.